The summed E-state index contributed by atoms with van der Waals surface area (Å²) in [6.07, 6.45) is 7.19. The number of aryl methyl sites for hydroxylation is 1. The highest BCUT2D eigenvalue weighted by atomic mass is 16.2. The molecule has 120 valence electrons. The monoisotopic (exact) mass is 293 g/mol. The summed E-state index contributed by atoms with van der Waals surface area (Å²) in [7, 11) is 0. The number of carbonyl (C=O) groups is 1. The van der Waals surface area contributed by atoms with Crippen molar-refractivity contribution in [2.75, 3.05) is 0 Å². The van der Waals surface area contributed by atoms with Crippen LogP contribution in [-0.4, -0.2) is 15.7 Å². The third-order valence-corrected chi connectivity index (χ3v) is 3.76. The minimum Gasteiger partial charge on any atom is -0.346 e. The summed E-state index contributed by atoms with van der Waals surface area (Å²) in [5.41, 5.74) is 1.03. The predicted octanol–water partition coefficient (Wildman–Crippen LogP) is 3.72. The molecule has 4 heteroatoms. The molecule has 1 aliphatic carbocycles. The van der Waals surface area contributed by atoms with Crippen LogP contribution in [0.2, 0.25) is 0 Å². The van der Waals surface area contributed by atoms with Gasteiger partial charge < -0.3 is 5.32 Å². The molecule has 1 amide bonds. The van der Waals surface area contributed by atoms with E-state index in [9.17, 15) is 4.79 Å². The predicted molar refractivity (Wildman–Crippen MR) is 86.9 cm³/mol. The van der Waals surface area contributed by atoms with Gasteiger partial charge in [0.05, 0.1) is 11.7 Å². The Hall–Kier alpha value is -1.32. The van der Waals surface area contributed by atoms with Gasteiger partial charge in [-0.1, -0.05) is 41.5 Å². The summed E-state index contributed by atoms with van der Waals surface area (Å²) in [6, 6.07) is 0. The minimum absolute atomic E-state index is 0.0356. The highest BCUT2D eigenvalue weighted by Crippen LogP contribution is 2.45. The van der Waals surface area contributed by atoms with Crippen molar-refractivity contribution in [1.82, 2.24) is 15.1 Å². The molecule has 1 fully saturated rings. The van der Waals surface area contributed by atoms with Gasteiger partial charge in [0.25, 0.3) is 0 Å². The van der Waals surface area contributed by atoms with E-state index in [1.54, 1.807) is 0 Å². The maximum atomic E-state index is 11.9. The Labute approximate surface area is 129 Å². The van der Waals surface area contributed by atoms with E-state index >= 15 is 0 Å². The van der Waals surface area contributed by atoms with Gasteiger partial charge in [0.1, 0.15) is 0 Å². The van der Waals surface area contributed by atoms with Gasteiger partial charge in [-0.05, 0) is 25.2 Å². The molecular weight excluding hydrogens is 262 g/mol. The molecule has 1 heterocycles. The average Bonchev–Trinajstić information content (AvgIpc) is 3.06. The highest BCUT2D eigenvalue weighted by Gasteiger charge is 2.46. The fourth-order valence-corrected chi connectivity index (χ4v) is 2.11. The third kappa shape index (κ3) is 4.87. The molecule has 1 saturated carbocycles. The van der Waals surface area contributed by atoms with Gasteiger partial charge >= 0.3 is 0 Å². The lowest BCUT2D eigenvalue weighted by molar-refractivity contribution is -0.125. The summed E-state index contributed by atoms with van der Waals surface area (Å²) >= 11 is 0. The largest absolute Gasteiger partial charge is 0.346 e. The third-order valence-electron chi connectivity index (χ3n) is 3.76. The van der Waals surface area contributed by atoms with Gasteiger partial charge in [0.2, 0.25) is 5.91 Å². The van der Waals surface area contributed by atoms with E-state index in [2.05, 4.69) is 30.5 Å². The Balaban J connectivity index is 0.00000106. The topological polar surface area (TPSA) is 46.9 Å². The Morgan fingerprint density at radius 3 is 2.43 bits per heavy atom. The van der Waals surface area contributed by atoms with Crippen LogP contribution in [0.3, 0.4) is 0 Å². The molecule has 1 aromatic rings. The van der Waals surface area contributed by atoms with Crippen molar-refractivity contribution in [3.05, 3.63) is 18.0 Å². The average molecular weight is 293 g/mol. The van der Waals surface area contributed by atoms with Crippen molar-refractivity contribution < 1.29 is 4.79 Å². The normalized spacial score (nSPS) is 15.6. The molecular formula is C17H31N3O. The molecule has 0 spiro atoms. The van der Waals surface area contributed by atoms with Gasteiger partial charge in [-0.25, -0.2) is 0 Å². The number of aromatic nitrogens is 2. The van der Waals surface area contributed by atoms with Crippen LogP contribution in [0.5, 0.6) is 0 Å². The summed E-state index contributed by atoms with van der Waals surface area (Å²) in [4.78, 5) is 11.9. The molecule has 4 nitrogen and oxygen atoms in total. The van der Waals surface area contributed by atoms with Gasteiger partial charge in [-0.3, -0.25) is 9.48 Å². The summed E-state index contributed by atoms with van der Waals surface area (Å²) in [6.45, 7) is 13.2. The molecule has 0 bridgehead atoms. The second kappa shape index (κ2) is 7.62. The van der Waals surface area contributed by atoms with E-state index < -0.39 is 0 Å². The van der Waals surface area contributed by atoms with Gasteiger partial charge in [0, 0.05) is 24.2 Å². The van der Waals surface area contributed by atoms with E-state index in [1.807, 2.05) is 38.6 Å². The minimum atomic E-state index is -0.128. The lowest BCUT2D eigenvalue weighted by atomic mass is 10.1. The van der Waals surface area contributed by atoms with Crippen molar-refractivity contribution in [2.24, 2.45) is 11.8 Å². The van der Waals surface area contributed by atoms with Crippen molar-refractivity contribution >= 4 is 5.91 Å². The molecule has 0 aliphatic heterocycles. The Bertz CT molecular complexity index is 445. The van der Waals surface area contributed by atoms with Crippen LogP contribution in [0.4, 0.5) is 0 Å². The summed E-state index contributed by atoms with van der Waals surface area (Å²) in [5, 5.41) is 7.58. The Morgan fingerprint density at radius 1 is 1.33 bits per heavy atom. The van der Waals surface area contributed by atoms with Crippen LogP contribution in [0.15, 0.2) is 12.4 Å². The molecule has 2 rings (SSSR count). The van der Waals surface area contributed by atoms with Gasteiger partial charge in [0.15, 0.2) is 0 Å². The molecule has 0 aromatic carbocycles. The van der Waals surface area contributed by atoms with Crippen LogP contribution >= 0.6 is 0 Å². The quantitative estimate of drug-likeness (QED) is 0.869. The van der Waals surface area contributed by atoms with Crippen LogP contribution in [0.25, 0.3) is 0 Å². The highest BCUT2D eigenvalue weighted by molar-refractivity contribution is 5.79. The van der Waals surface area contributed by atoms with Crippen LogP contribution in [0.1, 0.15) is 66.4 Å². The second-order valence-corrected chi connectivity index (χ2v) is 6.40. The molecule has 21 heavy (non-hydrogen) atoms. The molecule has 1 N–H and O–H groups in total. The molecule has 0 saturated heterocycles. The van der Waals surface area contributed by atoms with Crippen molar-refractivity contribution in [3.8, 4) is 0 Å². The molecule has 0 unspecified atom stereocenters. The van der Waals surface area contributed by atoms with E-state index in [0.717, 1.165) is 31.4 Å². The molecule has 1 aromatic heterocycles. The maximum absolute atomic E-state index is 11.9. The van der Waals surface area contributed by atoms with Crippen molar-refractivity contribution in [3.63, 3.8) is 0 Å². The van der Waals surface area contributed by atoms with Crippen LogP contribution in [0, 0.1) is 11.8 Å². The number of nitrogens with zero attached hydrogens (tertiary/aromatic N) is 2. The Kier molecular flexibility index (Phi) is 6.43. The zero-order valence-corrected chi connectivity index (χ0v) is 14.4. The lowest BCUT2D eigenvalue weighted by Crippen LogP contribution is -2.37. The van der Waals surface area contributed by atoms with Crippen LogP contribution in [-0.2, 0) is 16.9 Å². The standard InChI is InChI=1S/C15H25N3O.C2H6/c1-11(2)5-8-18-10-13(9-16-18)15(6-7-15)17-14(19)12(3)4;1-2/h9-12H,5-8H2,1-4H3,(H,17,19);1-2H3. The number of hydrogen-bond acceptors (Lipinski definition) is 2. The summed E-state index contributed by atoms with van der Waals surface area (Å²) in [5.74, 6) is 0.851. The number of amides is 1. The fraction of sp³-hybridized carbons (Fsp3) is 0.765. The van der Waals surface area contributed by atoms with Gasteiger partial charge in [-0.15, -0.1) is 0 Å². The van der Waals surface area contributed by atoms with E-state index in [0.29, 0.717) is 5.92 Å². The number of nitrogens with one attached hydrogen (secondary N) is 1. The molecule has 0 atom stereocenters. The van der Waals surface area contributed by atoms with Gasteiger partial charge in [-0.2, -0.15) is 5.10 Å². The molecule has 0 radical (unpaired) electrons. The first-order valence-electron chi connectivity index (χ1n) is 8.28. The number of carbonyl (C=O) groups excluding carboxylic acids is 1. The molecule has 1 aliphatic rings. The Morgan fingerprint density at radius 2 is 1.95 bits per heavy atom. The first-order valence-corrected chi connectivity index (χ1v) is 8.28. The first kappa shape index (κ1) is 17.7. The van der Waals surface area contributed by atoms with Crippen molar-refractivity contribution in [1.29, 1.82) is 0 Å². The number of hydrogen-bond donors (Lipinski definition) is 1. The maximum Gasteiger partial charge on any atom is 0.223 e. The SMILES string of the molecule is CC.CC(C)CCn1cc(C2(NC(=O)C(C)C)CC2)cn1. The van der Waals surface area contributed by atoms with Crippen molar-refractivity contribution in [2.45, 2.75) is 72.9 Å². The fourth-order valence-electron chi connectivity index (χ4n) is 2.11. The zero-order chi connectivity index (χ0) is 16.0. The summed E-state index contributed by atoms with van der Waals surface area (Å²) < 4.78 is 2.00. The number of rotatable bonds is 6. The van der Waals surface area contributed by atoms with Crippen LogP contribution < -0.4 is 5.32 Å². The van der Waals surface area contributed by atoms with E-state index in [-0.39, 0.29) is 17.4 Å². The van der Waals surface area contributed by atoms with E-state index in [1.165, 1.54) is 0 Å². The first-order chi connectivity index (χ1) is 9.93. The van der Waals surface area contributed by atoms with E-state index in [4.69, 9.17) is 0 Å². The zero-order valence-electron chi connectivity index (χ0n) is 14.4. The second-order valence-electron chi connectivity index (χ2n) is 6.40. The smallest absolute Gasteiger partial charge is 0.223 e. The lowest BCUT2D eigenvalue weighted by Gasteiger charge is -2.17.